The maximum atomic E-state index is 5.41. The van der Waals surface area contributed by atoms with E-state index in [-0.39, 0.29) is 0 Å². The van der Waals surface area contributed by atoms with Crippen LogP contribution in [0.15, 0.2) is 0 Å². The summed E-state index contributed by atoms with van der Waals surface area (Å²) in [6.45, 7) is 4.68. The van der Waals surface area contributed by atoms with E-state index in [9.17, 15) is 0 Å². The molecular formula is C11H19N3OS. The molecule has 90 valence electrons. The van der Waals surface area contributed by atoms with Crippen molar-refractivity contribution in [2.75, 3.05) is 32.2 Å². The molecule has 0 bridgehead atoms. The number of ether oxygens (including phenoxy) is 1. The number of aryl methyl sites for hydroxylation is 1. The average molecular weight is 241 g/mol. The van der Waals surface area contributed by atoms with E-state index < -0.39 is 0 Å². The first-order valence-corrected chi connectivity index (χ1v) is 6.45. The van der Waals surface area contributed by atoms with Crippen molar-refractivity contribution in [3.05, 3.63) is 10.6 Å². The Kier molecular flexibility index (Phi) is 3.78. The van der Waals surface area contributed by atoms with Gasteiger partial charge >= 0.3 is 0 Å². The van der Waals surface area contributed by atoms with Crippen LogP contribution in [0.2, 0.25) is 0 Å². The lowest BCUT2D eigenvalue weighted by Crippen LogP contribution is -2.31. The molecule has 0 saturated carbocycles. The van der Waals surface area contributed by atoms with Crippen molar-refractivity contribution in [1.29, 1.82) is 0 Å². The first-order valence-electron chi connectivity index (χ1n) is 5.64. The summed E-state index contributed by atoms with van der Waals surface area (Å²) in [6, 6.07) is 0.494. The number of hydrogen-bond acceptors (Lipinski definition) is 5. The molecular weight excluding hydrogens is 222 g/mol. The highest BCUT2D eigenvalue weighted by molar-refractivity contribution is 7.15. The smallest absolute Gasteiger partial charge is 0.185 e. The third-order valence-electron chi connectivity index (χ3n) is 2.97. The molecule has 5 heteroatoms. The predicted molar refractivity (Wildman–Crippen MR) is 67.2 cm³/mol. The highest BCUT2D eigenvalue weighted by Crippen LogP contribution is 2.28. The standard InChI is InChI=1S/C11H19N3OS/c1-8-10(6-12-2)16-11(13-8)14(3)9-4-5-15-7-9/h9,12H,4-7H2,1-3H3. The van der Waals surface area contributed by atoms with Crippen LogP contribution >= 0.6 is 11.3 Å². The molecule has 1 fully saturated rings. The van der Waals surface area contributed by atoms with Gasteiger partial charge in [0.25, 0.3) is 0 Å². The molecule has 1 aromatic heterocycles. The first-order chi connectivity index (χ1) is 7.72. The number of likely N-dealkylation sites (N-methyl/N-ethyl adjacent to an activating group) is 1. The number of anilines is 1. The van der Waals surface area contributed by atoms with Crippen LogP contribution in [0.4, 0.5) is 5.13 Å². The van der Waals surface area contributed by atoms with Gasteiger partial charge in [-0.1, -0.05) is 0 Å². The summed E-state index contributed by atoms with van der Waals surface area (Å²) in [6.07, 6.45) is 1.11. The fourth-order valence-electron chi connectivity index (χ4n) is 1.87. The number of nitrogens with zero attached hydrogens (tertiary/aromatic N) is 2. The summed E-state index contributed by atoms with van der Waals surface area (Å²) in [7, 11) is 4.08. The Labute approximate surface area is 101 Å². The lowest BCUT2D eigenvalue weighted by atomic mass is 10.2. The van der Waals surface area contributed by atoms with Gasteiger partial charge in [-0.15, -0.1) is 11.3 Å². The lowest BCUT2D eigenvalue weighted by molar-refractivity contribution is 0.193. The zero-order chi connectivity index (χ0) is 11.5. The van der Waals surface area contributed by atoms with Crippen LogP contribution in [0, 0.1) is 6.92 Å². The summed E-state index contributed by atoms with van der Waals surface area (Å²) in [5, 5.41) is 4.28. The second-order valence-electron chi connectivity index (χ2n) is 4.16. The zero-order valence-electron chi connectivity index (χ0n) is 10.1. The molecule has 1 aromatic rings. The summed E-state index contributed by atoms with van der Waals surface area (Å²) in [5.74, 6) is 0. The molecule has 1 aliphatic rings. The van der Waals surface area contributed by atoms with Crippen LogP contribution in [-0.4, -0.2) is 38.3 Å². The number of rotatable bonds is 4. The normalized spacial score (nSPS) is 20.3. The molecule has 0 radical (unpaired) electrons. The van der Waals surface area contributed by atoms with Gasteiger partial charge in [0.15, 0.2) is 5.13 Å². The van der Waals surface area contributed by atoms with Crippen molar-refractivity contribution in [2.24, 2.45) is 0 Å². The Morgan fingerprint density at radius 1 is 1.62 bits per heavy atom. The topological polar surface area (TPSA) is 37.4 Å². The van der Waals surface area contributed by atoms with Crippen LogP contribution in [-0.2, 0) is 11.3 Å². The summed E-state index contributed by atoms with van der Waals surface area (Å²) >= 11 is 1.78. The molecule has 0 spiro atoms. The van der Waals surface area contributed by atoms with Crippen LogP contribution in [0.25, 0.3) is 0 Å². The molecule has 1 N–H and O–H groups in total. The fraction of sp³-hybridized carbons (Fsp3) is 0.727. The largest absolute Gasteiger partial charge is 0.379 e. The van der Waals surface area contributed by atoms with Crippen molar-refractivity contribution in [3.63, 3.8) is 0 Å². The van der Waals surface area contributed by atoms with E-state index in [0.717, 1.165) is 37.0 Å². The van der Waals surface area contributed by atoms with Gasteiger partial charge < -0.3 is 15.0 Å². The summed E-state index contributed by atoms with van der Waals surface area (Å²) < 4.78 is 5.41. The van der Waals surface area contributed by atoms with E-state index in [4.69, 9.17) is 4.74 Å². The predicted octanol–water partition coefficient (Wildman–Crippen LogP) is 1.40. The Morgan fingerprint density at radius 3 is 3.06 bits per heavy atom. The van der Waals surface area contributed by atoms with Crippen LogP contribution in [0.3, 0.4) is 0 Å². The van der Waals surface area contributed by atoms with Crippen molar-refractivity contribution in [2.45, 2.75) is 25.9 Å². The van der Waals surface area contributed by atoms with E-state index in [1.165, 1.54) is 4.88 Å². The van der Waals surface area contributed by atoms with Gasteiger partial charge in [-0.05, 0) is 20.4 Å². The number of hydrogen-bond donors (Lipinski definition) is 1. The van der Waals surface area contributed by atoms with Gasteiger partial charge in [0.05, 0.1) is 18.3 Å². The molecule has 1 atom stereocenters. The van der Waals surface area contributed by atoms with Gasteiger partial charge in [0.1, 0.15) is 0 Å². The molecule has 0 amide bonds. The van der Waals surface area contributed by atoms with Crippen LogP contribution in [0.5, 0.6) is 0 Å². The Balaban J connectivity index is 2.10. The molecule has 0 aliphatic carbocycles. The molecule has 2 heterocycles. The SMILES string of the molecule is CNCc1sc(N(C)C2CCOC2)nc1C. The maximum Gasteiger partial charge on any atom is 0.185 e. The van der Waals surface area contributed by atoms with Crippen molar-refractivity contribution >= 4 is 16.5 Å². The van der Waals surface area contributed by atoms with Crippen LogP contribution < -0.4 is 10.2 Å². The zero-order valence-corrected chi connectivity index (χ0v) is 10.9. The Hall–Kier alpha value is -0.650. The van der Waals surface area contributed by atoms with E-state index >= 15 is 0 Å². The minimum absolute atomic E-state index is 0.494. The van der Waals surface area contributed by atoms with Crippen LogP contribution in [0.1, 0.15) is 17.0 Å². The number of nitrogens with one attached hydrogen (secondary N) is 1. The van der Waals surface area contributed by atoms with Gasteiger partial charge in [0.2, 0.25) is 0 Å². The second kappa shape index (κ2) is 5.12. The van der Waals surface area contributed by atoms with Gasteiger partial charge in [-0.25, -0.2) is 4.98 Å². The highest BCUT2D eigenvalue weighted by atomic mass is 32.1. The lowest BCUT2D eigenvalue weighted by Gasteiger charge is -2.21. The Morgan fingerprint density at radius 2 is 2.44 bits per heavy atom. The molecule has 2 rings (SSSR count). The second-order valence-corrected chi connectivity index (χ2v) is 5.23. The van der Waals surface area contributed by atoms with Crippen molar-refractivity contribution in [1.82, 2.24) is 10.3 Å². The third kappa shape index (κ3) is 2.36. The molecule has 1 saturated heterocycles. The minimum Gasteiger partial charge on any atom is -0.379 e. The Bertz CT molecular complexity index is 347. The first kappa shape index (κ1) is 11.8. The van der Waals surface area contributed by atoms with E-state index in [0.29, 0.717) is 6.04 Å². The van der Waals surface area contributed by atoms with Gasteiger partial charge in [0, 0.05) is 25.1 Å². The minimum atomic E-state index is 0.494. The third-order valence-corrected chi connectivity index (χ3v) is 4.22. The molecule has 16 heavy (non-hydrogen) atoms. The number of aromatic nitrogens is 1. The van der Waals surface area contributed by atoms with E-state index in [1.54, 1.807) is 11.3 Å². The molecule has 4 nitrogen and oxygen atoms in total. The van der Waals surface area contributed by atoms with Gasteiger partial charge in [-0.3, -0.25) is 0 Å². The monoisotopic (exact) mass is 241 g/mol. The number of thiazole rings is 1. The van der Waals surface area contributed by atoms with Crippen molar-refractivity contribution < 1.29 is 4.74 Å². The summed E-state index contributed by atoms with van der Waals surface area (Å²) in [5.41, 5.74) is 1.14. The molecule has 1 unspecified atom stereocenters. The average Bonchev–Trinajstić information content (AvgIpc) is 2.88. The van der Waals surface area contributed by atoms with Crippen molar-refractivity contribution in [3.8, 4) is 0 Å². The summed E-state index contributed by atoms with van der Waals surface area (Å²) in [4.78, 5) is 8.20. The molecule has 1 aliphatic heterocycles. The maximum absolute atomic E-state index is 5.41. The van der Waals surface area contributed by atoms with Gasteiger partial charge in [-0.2, -0.15) is 0 Å². The van der Waals surface area contributed by atoms with E-state index in [1.807, 2.05) is 7.05 Å². The van der Waals surface area contributed by atoms with E-state index in [2.05, 4.69) is 29.2 Å². The fourth-order valence-corrected chi connectivity index (χ4v) is 2.98. The quantitative estimate of drug-likeness (QED) is 0.864. The highest BCUT2D eigenvalue weighted by Gasteiger charge is 2.23. The molecule has 0 aromatic carbocycles.